The van der Waals surface area contributed by atoms with Gasteiger partial charge < -0.3 is 14.8 Å². The lowest BCUT2D eigenvalue weighted by Crippen LogP contribution is -2.20. The van der Waals surface area contributed by atoms with Crippen LogP contribution >= 0.6 is 0 Å². The second-order valence-electron chi connectivity index (χ2n) is 4.44. The predicted octanol–water partition coefficient (Wildman–Crippen LogP) is 3.07. The lowest BCUT2D eigenvalue weighted by molar-refractivity contribution is 0.171. The van der Waals surface area contributed by atoms with E-state index in [0.29, 0.717) is 19.3 Å². The minimum absolute atomic E-state index is 0.325. The zero-order valence-electron chi connectivity index (χ0n) is 11.1. The summed E-state index contributed by atoms with van der Waals surface area (Å²) in [4.78, 5) is 0. The summed E-state index contributed by atoms with van der Waals surface area (Å²) in [6.45, 7) is 6.48. The van der Waals surface area contributed by atoms with Crippen LogP contribution in [0.4, 0.5) is 0 Å². The second kappa shape index (κ2) is 6.45. The minimum atomic E-state index is 0.325. The van der Waals surface area contributed by atoms with Crippen LogP contribution in [0.1, 0.15) is 31.9 Å². The lowest BCUT2D eigenvalue weighted by atomic mass is 10.1. The highest BCUT2D eigenvalue weighted by Crippen LogP contribution is 2.32. The summed E-state index contributed by atoms with van der Waals surface area (Å²) in [5, 5.41) is 3.49. The van der Waals surface area contributed by atoms with Gasteiger partial charge in [0.25, 0.3) is 0 Å². The number of hydrogen-bond acceptors (Lipinski definition) is 3. The van der Waals surface area contributed by atoms with Crippen molar-refractivity contribution in [2.75, 3.05) is 19.8 Å². The Labute approximate surface area is 109 Å². The summed E-state index contributed by atoms with van der Waals surface area (Å²) in [5.74, 6) is 1.71. The van der Waals surface area contributed by atoms with Crippen LogP contribution in [0, 0.1) is 0 Å². The molecule has 18 heavy (non-hydrogen) atoms. The Morgan fingerprint density at radius 3 is 2.83 bits per heavy atom. The summed E-state index contributed by atoms with van der Waals surface area (Å²) in [7, 11) is 0. The maximum atomic E-state index is 5.59. The number of hydrogen-bond donors (Lipinski definition) is 1. The van der Waals surface area contributed by atoms with Crippen molar-refractivity contribution in [1.29, 1.82) is 0 Å². The maximum absolute atomic E-state index is 5.59. The van der Waals surface area contributed by atoms with E-state index in [1.54, 1.807) is 0 Å². The predicted molar refractivity (Wildman–Crippen MR) is 73.3 cm³/mol. The molecule has 0 saturated heterocycles. The Kier molecular flexibility index (Phi) is 4.65. The van der Waals surface area contributed by atoms with Gasteiger partial charge in [0.15, 0.2) is 11.5 Å². The Morgan fingerprint density at radius 2 is 2.06 bits per heavy atom. The second-order valence-corrected chi connectivity index (χ2v) is 4.44. The van der Waals surface area contributed by atoms with Crippen molar-refractivity contribution in [3.05, 3.63) is 35.9 Å². The Hall–Kier alpha value is -1.48. The number of allylic oxidation sites excluding steroid dienone is 1. The number of nitrogens with one attached hydrogen (secondary N) is 1. The van der Waals surface area contributed by atoms with Crippen molar-refractivity contribution in [2.24, 2.45) is 0 Å². The molecule has 0 spiro atoms. The SMILES string of the molecule is C/C=C/CCNC(C)c1ccc2c(c1)OCCO2. The van der Waals surface area contributed by atoms with Crippen molar-refractivity contribution in [3.8, 4) is 11.5 Å². The third kappa shape index (κ3) is 3.26. The third-order valence-electron chi connectivity index (χ3n) is 3.06. The van der Waals surface area contributed by atoms with Crippen molar-refractivity contribution >= 4 is 0 Å². The van der Waals surface area contributed by atoms with Crippen LogP contribution in [0.15, 0.2) is 30.4 Å². The van der Waals surface area contributed by atoms with Crippen LogP contribution in [0.3, 0.4) is 0 Å². The molecule has 1 aliphatic heterocycles. The van der Waals surface area contributed by atoms with Crippen molar-refractivity contribution in [3.63, 3.8) is 0 Å². The molecule has 1 N–H and O–H groups in total. The zero-order chi connectivity index (χ0) is 12.8. The average molecular weight is 247 g/mol. The van der Waals surface area contributed by atoms with E-state index in [9.17, 15) is 0 Å². The molecule has 0 fully saturated rings. The molecule has 0 bridgehead atoms. The lowest BCUT2D eigenvalue weighted by Gasteiger charge is -2.21. The van der Waals surface area contributed by atoms with Crippen LogP contribution in [0.2, 0.25) is 0 Å². The van der Waals surface area contributed by atoms with Gasteiger partial charge in [-0.3, -0.25) is 0 Å². The van der Waals surface area contributed by atoms with Gasteiger partial charge in [0.2, 0.25) is 0 Å². The molecule has 0 aliphatic carbocycles. The summed E-state index contributed by atoms with van der Waals surface area (Å²) in [5.41, 5.74) is 1.24. The van der Waals surface area contributed by atoms with Crippen LogP contribution in [-0.2, 0) is 0 Å². The molecule has 0 amide bonds. The molecule has 2 rings (SSSR count). The Balaban J connectivity index is 1.95. The van der Waals surface area contributed by atoms with Crippen LogP contribution in [-0.4, -0.2) is 19.8 Å². The molecule has 1 aliphatic rings. The molecule has 1 atom stereocenters. The van der Waals surface area contributed by atoms with Crippen LogP contribution in [0.25, 0.3) is 0 Å². The topological polar surface area (TPSA) is 30.5 Å². The summed E-state index contributed by atoms with van der Waals surface area (Å²) < 4.78 is 11.1. The molecule has 1 aromatic rings. The Bertz CT molecular complexity index is 415. The number of fused-ring (bicyclic) bond motifs is 1. The van der Waals surface area contributed by atoms with Crippen molar-refractivity contribution < 1.29 is 9.47 Å². The summed E-state index contributed by atoms with van der Waals surface area (Å²) in [6, 6.07) is 6.49. The molecular formula is C15H21NO2. The fraction of sp³-hybridized carbons (Fsp3) is 0.467. The van der Waals surface area contributed by atoms with E-state index < -0.39 is 0 Å². The van der Waals surface area contributed by atoms with Gasteiger partial charge in [-0.15, -0.1) is 0 Å². The molecule has 3 nitrogen and oxygen atoms in total. The van der Waals surface area contributed by atoms with Gasteiger partial charge >= 0.3 is 0 Å². The molecule has 98 valence electrons. The first-order valence-electron chi connectivity index (χ1n) is 6.55. The van der Waals surface area contributed by atoms with E-state index >= 15 is 0 Å². The molecule has 0 aromatic heterocycles. The van der Waals surface area contributed by atoms with E-state index in [-0.39, 0.29) is 0 Å². The van der Waals surface area contributed by atoms with E-state index in [2.05, 4.69) is 36.5 Å². The summed E-state index contributed by atoms with van der Waals surface area (Å²) in [6.07, 6.45) is 5.31. The highest BCUT2D eigenvalue weighted by atomic mass is 16.6. The van der Waals surface area contributed by atoms with Crippen molar-refractivity contribution in [2.45, 2.75) is 26.3 Å². The van der Waals surface area contributed by atoms with Crippen LogP contribution in [0.5, 0.6) is 11.5 Å². The molecule has 0 radical (unpaired) electrons. The molecule has 1 heterocycles. The van der Waals surface area contributed by atoms with Crippen molar-refractivity contribution in [1.82, 2.24) is 5.32 Å². The molecular weight excluding hydrogens is 226 g/mol. The monoisotopic (exact) mass is 247 g/mol. The highest BCUT2D eigenvalue weighted by Gasteiger charge is 2.13. The van der Waals surface area contributed by atoms with Crippen LogP contribution < -0.4 is 14.8 Å². The molecule has 3 heteroatoms. The van der Waals surface area contributed by atoms with Gasteiger partial charge in [-0.1, -0.05) is 18.2 Å². The smallest absolute Gasteiger partial charge is 0.161 e. The average Bonchev–Trinajstić information content (AvgIpc) is 2.43. The third-order valence-corrected chi connectivity index (χ3v) is 3.06. The van der Waals surface area contributed by atoms with Gasteiger partial charge in [-0.2, -0.15) is 0 Å². The first-order valence-corrected chi connectivity index (χ1v) is 6.55. The summed E-state index contributed by atoms with van der Waals surface area (Å²) >= 11 is 0. The maximum Gasteiger partial charge on any atom is 0.161 e. The zero-order valence-corrected chi connectivity index (χ0v) is 11.1. The van der Waals surface area contributed by atoms with Gasteiger partial charge in [-0.05, 0) is 44.5 Å². The minimum Gasteiger partial charge on any atom is -0.486 e. The van der Waals surface area contributed by atoms with E-state index in [4.69, 9.17) is 9.47 Å². The number of rotatable bonds is 5. The first kappa shape index (κ1) is 13.0. The number of benzene rings is 1. The van der Waals surface area contributed by atoms with E-state index in [1.807, 2.05) is 13.0 Å². The fourth-order valence-electron chi connectivity index (χ4n) is 2.00. The Morgan fingerprint density at radius 1 is 1.28 bits per heavy atom. The van der Waals surface area contributed by atoms with Gasteiger partial charge in [0, 0.05) is 6.04 Å². The van der Waals surface area contributed by atoms with Gasteiger partial charge in [0.1, 0.15) is 13.2 Å². The molecule has 0 saturated carbocycles. The number of ether oxygens (including phenoxy) is 2. The van der Waals surface area contributed by atoms with Gasteiger partial charge in [0.05, 0.1) is 0 Å². The first-order chi connectivity index (χ1) is 8.81. The molecule has 1 aromatic carbocycles. The fourth-order valence-corrected chi connectivity index (χ4v) is 2.00. The quantitative estimate of drug-likeness (QED) is 0.640. The standard InChI is InChI=1S/C15H21NO2/c1-3-4-5-8-16-12(2)13-6-7-14-15(11-13)18-10-9-17-14/h3-4,6-7,11-12,16H,5,8-10H2,1-2H3/b4-3+. The normalized spacial score (nSPS) is 15.9. The molecule has 1 unspecified atom stereocenters. The van der Waals surface area contributed by atoms with E-state index in [1.165, 1.54) is 5.56 Å². The van der Waals surface area contributed by atoms with Gasteiger partial charge in [-0.25, -0.2) is 0 Å². The highest BCUT2D eigenvalue weighted by molar-refractivity contribution is 5.44. The van der Waals surface area contributed by atoms with E-state index in [0.717, 1.165) is 24.5 Å². The largest absolute Gasteiger partial charge is 0.486 e.